The molecule has 90 valence electrons. The van der Waals surface area contributed by atoms with Gasteiger partial charge in [0.25, 0.3) is 0 Å². The number of benzene rings is 1. The Morgan fingerprint density at radius 2 is 2.00 bits per heavy atom. The average Bonchev–Trinajstić information content (AvgIpc) is 2.75. The van der Waals surface area contributed by atoms with Crippen LogP contribution in [0.25, 0.3) is 11.0 Å². The molecule has 2 N–H and O–H groups in total. The van der Waals surface area contributed by atoms with Gasteiger partial charge in [-0.15, -0.1) is 10.2 Å². The summed E-state index contributed by atoms with van der Waals surface area (Å²) in [5, 5.41) is 16.0. The van der Waals surface area contributed by atoms with E-state index >= 15 is 0 Å². The van der Waals surface area contributed by atoms with Crippen LogP contribution in [0.15, 0.2) is 34.8 Å². The lowest BCUT2D eigenvalue weighted by molar-refractivity contribution is 0.650. The third kappa shape index (κ3) is 2.04. The van der Waals surface area contributed by atoms with Crippen molar-refractivity contribution < 1.29 is 0 Å². The van der Waals surface area contributed by atoms with Gasteiger partial charge < -0.3 is 5.73 Å². The van der Waals surface area contributed by atoms with E-state index in [4.69, 9.17) is 5.73 Å². The van der Waals surface area contributed by atoms with Crippen molar-refractivity contribution in [2.24, 2.45) is 0 Å². The molecule has 0 bridgehead atoms. The molecule has 2 aromatic heterocycles. The number of fused-ring (bicyclic) bond motifs is 1. The zero-order valence-corrected chi connectivity index (χ0v) is 10.9. The van der Waals surface area contributed by atoms with Gasteiger partial charge in [-0.25, -0.2) is 4.68 Å². The fraction of sp³-hybridized carbons (Fsp3) is 0.0909. The molecule has 0 radical (unpaired) electrons. The molecule has 0 amide bonds. The summed E-state index contributed by atoms with van der Waals surface area (Å²) in [4.78, 5) is 0. The molecule has 0 atom stereocenters. The summed E-state index contributed by atoms with van der Waals surface area (Å²) in [5.41, 5.74) is 8.08. The van der Waals surface area contributed by atoms with Gasteiger partial charge in [-0.2, -0.15) is 5.10 Å². The molecule has 6 nitrogen and oxygen atoms in total. The minimum atomic E-state index is 0.407. The molecular weight excluding hydrogens is 296 g/mol. The van der Waals surface area contributed by atoms with Crippen LogP contribution in [0.3, 0.4) is 0 Å². The van der Waals surface area contributed by atoms with Crippen molar-refractivity contribution >= 4 is 32.8 Å². The molecule has 18 heavy (non-hydrogen) atoms. The molecule has 7 heteroatoms. The summed E-state index contributed by atoms with van der Waals surface area (Å²) in [6, 6.07) is 9.37. The summed E-state index contributed by atoms with van der Waals surface area (Å²) in [7, 11) is 0. The largest absolute Gasteiger partial charge is 0.382 e. The van der Waals surface area contributed by atoms with Crippen LogP contribution in [0.4, 0.5) is 5.82 Å². The maximum Gasteiger partial charge on any atom is 0.146 e. The zero-order chi connectivity index (χ0) is 12.5. The van der Waals surface area contributed by atoms with E-state index < -0.39 is 0 Å². The van der Waals surface area contributed by atoms with Crippen molar-refractivity contribution in [3.8, 4) is 0 Å². The van der Waals surface area contributed by atoms with Crippen LogP contribution in [-0.4, -0.2) is 25.2 Å². The van der Waals surface area contributed by atoms with Gasteiger partial charge >= 0.3 is 0 Å². The number of hydrogen-bond acceptors (Lipinski definition) is 5. The Bertz CT molecular complexity index is 690. The molecule has 0 saturated heterocycles. The molecule has 1 aromatic carbocycles. The van der Waals surface area contributed by atoms with Gasteiger partial charge in [0, 0.05) is 4.47 Å². The van der Waals surface area contributed by atoms with Gasteiger partial charge in [-0.05, 0) is 30.3 Å². The van der Waals surface area contributed by atoms with Crippen molar-refractivity contribution in [1.82, 2.24) is 25.2 Å². The highest BCUT2D eigenvalue weighted by Gasteiger charge is 2.06. The van der Waals surface area contributed by atoms with Crippen LogP contribution in [0.5, 0.6) is 0 Å². The lowest BCUT2D eigenvalue weighted by atomic mass is 10.3. The molecule has 0 saturated carbocycles. The first-order valence-electron chi connectivity index (χ1n) is 5.29. The van der Waals surface area contributed by atoms with E-state index in [1.54, 1.807) is 10.7 Å². The van der Waals surface area contributed by atoms with E-state index in [1.807, 2.05) is 24.3 Å². The summed E-state index contributed by atoms with van der Waals surface area (Å²) in [6.45, 7) is 0.514. The number of halogens is 1. The van der Waals surface area contributed by atoms with Crippen molar-refractivity contribution in [3.05, 3.63) is 40.5 Å². The number of nitrogens with zero attached hydrogens (tertiary/aromatic N) is 5. The Balaban J connectivity index is 1.99. The van der Waals surface area contributed by atoms with Crippen LogP contribution in [-0.2, 0) is 6.54 Å². The van der Waals surface area contributed by atoms with E-state index in [0.717, 1.165) is 21.2 Å². The van der Waals surface area contributed by atoms with E-state index in [2.05, 4.69) is 36.4 Å². The van der Waals surface area contributed by atoms with Crippen LogP contribution in [0.2, 0.25) is 0 Å². The monoisotopic (exact) mass is 304 g/mol. The van der Waals surface area contributed by atoms with Crippen LogP contribution in [0.1, 0.15) is 5.69 Å². The second-order valence-corrected chi connectivity index (χ2v) is 4.75. The third-order valence-corrected chi connectivity index (χ3v) is 3.02. The summed E-state index contributed by atoms with van der Waals surface area (Å²) >= 11 is 3.43. The predicted octanol–water partition coefficient (Wildman–Crippen LogP) is 1.61. The van der Waals surface area contributed by atoms with Crippen molar-refractivity contribution in [3.63, 3.8) is 0 Å². The molecule has 2 heterocycles. The molecule has 0 aliphatic heterocycles. The standard InChI is InChI=1S/C11H9BrN6/c12-7-1-3-9-10(5-7)18(17-15-9)6-8-2-4-11(13)16-14-8/h1-5H,6H2,(H2,13,16). The van der Waals surface area contributed by atoms with Crippen LogP contribution in [0, 0.1) is 0 Å². The summed E-state index contributed by atoms with van der Waals surface area (Å²) in [6.07, 6.45) is 0. The third-order valence-electron chi connectivity index (χ3n) is 2.53. The molecule has 0 fully saturated rings. The molecular formula is C11H9BrN6. The molecule has 0 unspecified atom stereocenters. The van der Waals surface area contributed by atoms with Gasteiger partial charge in [-0.3, -0.25) is 0 Å². The number of rotatable bonds is 2. The Labute approximate surface area is 111 Å². The quantitative estimate of drug-likeness (QED) is 0.778. The number of nitrogens with two attached hydrogens (primary N) is 1. The van der Waals surface area contributed by atoms with Crippen LogP contribution >= 0.6 is 15.9 Å². The number of nitrogen functional groups attached to an aromatic ring is 1. The van der Waals surface area contributed by atoms with Crippen molar-refractivity contribution in [1.29, 1.82) is 0 Å². The van der Waals surface area contributed by atoms with Gasteiger partial charge in [0.05, 0.1) is 17.8 Å². The highest BCUT2D eigenvalue weighted by molar-refractivity contribution is 9.10. The number of aromatic nitrogens is 5. The topological polar surface area (TPSA) is 82.5 Å². The van der Waals surface area contributed by atoms with Crippen molar-refractivity contribution in [2.75, 3.05) is 5.73 Å². The molecule has 0 aliphatic carbocycles. The second-order valence-electron chi connectivity index (χ2n) is 3.83. The van der Waals surface area contributed by atoms with Gasteiger partial charge in [0.2, 0.25) is 0 Å². The lowest BCUT2D eigenvalue weighted by Crippen LogP contribution is -2.05. The number of hydrogen-bond donors (Lipinski definition) is 1. The Morgan fingerprint density at radius 1 is 1.11 bits per heavy atom. The summed E-state index contributed by atoms with van der Waals surface area (Å²) in [5.74, 6) is 0.407. The summed E-state index contributed by atoms with van der Waals surface area (Å²) < 4.78 is 2.77. The molecule has 0 aliphatic rings. The lowest BCUT2D eigenvalue weighted by Gasteiger charge is -2.01. The minimum Gasteiger partial charge on any atom is -0.382 e. The van der Waals surface area contributed by atoms with Crippen LogP contribution < -0.4 is 5.73 Å². The Hall–Kier alpha value is -2.02. The number of anilines is 1. The van der Waals surface area contributed by atoms with Crippen molar-refractivity contribution in [2.45, 2.75) is 6.54 Å². The first-order chi connectivity index (χ1) is 8.72. The smallest absolute Gasteiger partial charge is 0.146 e. The highest BCUT2D eigenvalue weighted by atomic mass is 79.9. The van der Waals surface area contributed by atoms with Gasteiger partial charge in [-0.1, -0.05) is 21.1 Å². The Kier molecular flexibility index (Phi) is 2.67. The maximum atomic E-state index is 5.50. The maximum absolute atomic E-state index is 5.50. The van der Waals surface area contributed by atoms with E-state index in [-0.39, 0.29) is 0 Å². The normalized spacial score (nSPS) is 10.9. The second kappa shape index (κ2) is 4.34. The Morgan fingerprint density at radius 3 is 2.78 bits per heavy atom. The molecule has 3 aromatic rings. The zero-order valence-electron chi connectivity index (χ0n) is 9.29. The average molecular weight is 305 g/mol. The first-order valence-corrected chi connectivity index (χ1v) is 6.08. The highest BCUT2D eigenvalue weighted by Crippen LogP contribution is 2.18. The fourth-order valence-electron chi connectivity index (χ4n) is 1.66. The minimum absolute atomic E-state index is 0.407. The molecule has 3 rings (SSSR count). The first kappa shape index (κ1) is 11.1. The SMILES string of the molecule is Nc1ccc(Cn2nnc3ccc(Br)cc32)nn1. The van der Waals surface area contributed by atoms with Gasteiger partial charge in [0.1, 0.15) is 11.3 Å². The van der Waals surface area contributed by atoms with E-state index in [1.165, 1.54) is 0 Å². The molecule has 0 spiro atoms. The fourth-order valence-corrected chi connectivity index (χ4v) is 2.01. The van der Waals surface area contributed by atoms with E-state index in [0.29, 0.717) is 12.4 Å². The van der Waals surface area contributed by atoms with Gasteiger partial charge in [0.15, 0.2) is 0 Å². The predicted molar refractivity (Wildman–Crippen MR) is 70.8 cm³/mol. The van der Waals surface area contributed by atoms with E-state index in [9.17, 15) is 0 Å².